The number of imide groups is 2. The van der Waals surface area contributed by atoms with Crippen molar-refractivity contribution in [2.45, 2.75) is 20.8 Å². The lowest BCUT2D eigenvalue weighted by Gasteiger charge is -2.26. The molecule has 1 saturated heterocycles. The van der Waals surface area contributed by atoms with E-state index in [0.717, 1.165) is 16.2 Å². The van der Waals surface area contributed by atoms with Crippen LogP contribution >= 0.6 is 11.6 Å². The third kappa shape index (κ3) is 6.15. The molecular formula is C29H27ClN2O6. The summed E-state index contributed by atoms with van der Waals surface area (Å²) < 4.78 is 17.4. The number of ether oxygens (including phenoxy) is 3. The smallest absolute Gasteiger partial charge is 0.335 e. The SMILES string of the molecule is CCOc1cc(/C=C2\C(=O)NC(=O)N(c3ccc(Cl)cc3)C2=O)ccc1OCCOc1ccc(C)cc1C. The zero-order valence-electron chi connectivity index (χ0n) is 21.2. The Labute approximate surface area is 225 Å². The van der Waals surface area contributed by atoms with Crippen LogP contribution in [-0.4, -0.2) is 37.7 Å². The molecule has 0 aliphatic carbocycles. The molecule has 0 aromatic heterocycles. The Hall–Kier alpha value is -4.30. The maximum absolute atomic E-state index is 13.1. The quantitative estimate of drug-likeness (QED) is 0.222. The van der Waals surface area contributed by atoms with Crippen LogP contribution in [0.1, 0.15) is 23.6 Å². The van der Waals surface area contributed by atoms with E-state index in [1.54, 1.807) is 30.3 Å². The van der Waals surface area contributed by atoms with E-state index in [9.17, 15) is 14.4 Å². The molecule has 8 nitrogen and oxygen atoms in total. The van der Waals surface area contributed by atoms with E-state index in [4.69, 9.17) is 25.8 Å². The van der Waals surface area contributed by atoms with Gasteiger partial charge in [-0.15, -0.1) is 0 Å². The monoisotopic (exact) mass is 534 g/mol. The van der Waals surface area contributed by atoms with Crippen LogP contribution in [-0.2, 0) is 9.59 Å². The maximum Gasteiger partial charge on any atom is 0.335 e. The van der Waals surface area contributed by atoms with E-state index >= 15 is 0 Å². The minimum atomic E-state index is -0.832. The van der Waals surface area contributed by atoms with Gasteiger partial charge in [-0.1, -0.05) is 35.4 Å². The minimum absolute atomic E-state index is 0.197. The number of halogens is 1. The third-order valence-corrected chi connectivity index (χ3v) is 5.95. The fraction of sp³-hybridized carbons (Fsp3) is 0.207. The molecule has 1 heterocycles. The number of urea groups is 1. The molecule has 9 heteroatoms. The van der Waals surface area contributed by atoms with Crippen molar-refractivity contribution in [3.05, 3.63) is 87.9 Å². The number of anilines is 1. The highest BCUT2D eigenvalue weighted by Gasteiger charge is 2.36. The van der Waals surface area contributed by atoms with Gasteiger partial charge in [-0.2, -0.15) is 0 Å². The van der Waals surface area contributed by atoms with Gasteiger partial charge in [0.15, 0.2) is 11.5 Å². The first-order chi connectivity index (χ1) is 18.3. The van der Waals surface area contributed by atoms with E-state index in [1.165, 1.54) is 23.8 Å². The number of hydrogen-bond acceptors (Lipinski definition) is 6. The second-order valence-corrected chi connectivity index (χ2v) is 8.98. The summed E-state index contributed by atoms with van der Waals surface area (Å²) in [5.74, 6) is 0.209. The van der Waals surface area contributed by atoms with Crippen molar-refractivity contribution >= 4 is 41.2 Å². The second kappa shape index (κ2) is 11.8. The number of nitrogens with one attached hydrogen (secondary N) is 1. The van der Waals surface area contributed by atoms with Crippen LogP contribution in [0.4, 0.5) is 10.5 Å². The average Bonchev–Trinajstić information content (AvgIpc) is 2.87. The van der Waals surface area contributed by atoms with E-state index in [0.29, 0.717) is 35.3 Å². The molecule has 1 N–H and O–H groups in total. The van der Waals surface area contributed by atoms with E-state index in [-0.39, 0.29) is 17.9 Å². The summed E-state index contributed by atoms with van der Waals surface area (Å²) in [6.07, 6.45) is 1.41. The van der Waals surface area contributed by atoms with Gasteiger partial charge in [0.05, 0.1) is 12.3 Å². The van der Waals surface area contributed by atoms with Crippen LogP contribution < -0.4 is 24.4 Å². The predicted octanol–water partition coefficient (Wildman–Crippen LogP) is 5.48. The highest BCUT2D eigenvalue weighted by molar-refractivity contribution is 6.39. The van der Waals surface area contributed by atoms with Crippen molar-refractivity contribution < 1.29 is 28.6 Å². The molecule has 0 atom stereocenters. The number of benzene rings is 3. The summed E-state index contributed by atoms with van der Waals surface area (Å²) in [7, 11) is 0. The number of nitrogens with zero attached hydrogens (tertiary/aromatic N) is 1. The Morgan fingerprint density at radius 2 is 1.53 bits per heavy atom. The van der Waals surface area contributed by atoms with E-state index in [2.05, 4.69) is 11.4 Å². The molecule has 196 valence electrons. The molecule has 0 spiro atoms. The van der Waals surface area contributed by atoms with E-state index < -0.39 is 17.8 Å². The number of rotatable bonds is 9. The van der Waals surface area contributed by atoms with Gasteiger partial charge in [0, 0.05) is 5.02 Å². The normalized spacial score (nSPS) is 14.5. The largest absolute Gasteiger partial charge is 0.490 e. The number of carbonyl (C=O) groups is 3. The Bertz CT molecular complexity index is 1400. The second-order valence-electron chi connectivity index (χ2n) is 8.54. The summed E-state index contributed by atoms with van der Waals surface area (Å²) >= 11 is 5.92. The first-order valence-electron chi connectivity index (χ1n) is 12.0. The zero-order chi connectivity index (χ0) is 27.2. The Kier molecular flexibility index (Phi) is 8.33. The summed E-state index contributed by atoms with van der Waals surface area (Å²) in [6, 6.07) is 16.4. The fourth-order valence-corrected chi connectivity index (χ4v) is 4.04. The van der Waals surface area contributed by atoms with Gasteiger partial charge in [-0.25, -0.2) is 9.69 Å². The van der Waals surface area contributed by atoms with Crippen LogP contribution in [0.2, 0.25) is 5.02 Å². The van der Waals surface area contributed by atoms with Crippen LogP contribution in [0.15, 0.2) is 66.2 Å². The van der Waals surface area contributed by atoms with Gasteiger partial charge in [-0.3, -0.25) is 14.9 Å². The van der Waals surface area contributed by atoms with Gasteiger partial charge in [-0.05, 0) is 80.4 Å². The molecule has 1 aliphatic rings. The first kappa shape index (κ1) is 26.8. The van der Waals surface area contributed by atoms with Crippen molar-refractivity contribution in [1.82, 2.24) is 5.32 Å². The molecule has 0 unspecified atom stereocenters. The molecular weight excluding hydrogens is 508 g/mol. The van der Waals surface area contributed by atoms with Gasteiger partial charge >= 0.3 is 6.03 Å². The number of barbiturate groups is 1. The van der Waals surface area contributed by atoms with Crippen molar-refractivity contribution in [2.75, 3.05) is 24.7 Å². The first-order valence-corrected chi connectivity index (χ1v) is 12.4. The molecule has 0 radical (unpaired) electrons. The van der Waals surface area contributed by atoms with Crippen LogP contribution in [0, 0.1) is 13.8 Å². The molecule has 0 saturated carbocycles. The summed E-state index contributed by atoms with van der Waals surface area (Å²) in [5.41, 5.74) is 2.83. The average molecular weight is 535 g/mol. The van der Waals surface area contributed by atoms with Crippen LogP contribution in [0.3, 0.4) is 0 Å². The highest BCUT2D eigenvalue weighted by Crippen LogP contribution is 2.30. The van der Waals surface area contributed by atoms with Crippen molar-refractivity contribution in [1.29, 1.82) is 0 Å². The van der Waals surface area contributed by atoms with Gasteiger partial charge in [0.25, 0.3) is 11.8 Å². The summed E-state index contributed by atoms with van der Waals surface area (Å²) in [6.45, 7) is 6.86. The third-order valence-electron chi connectivity index (χ3n) is 5.69. The van der Waals surface area contributed by atoms with Gasteiger partial charge in [0.1, 0.15) is 24.5 Å². The van der Waals surface area contributed by atoms with Gasteiger partial charge in [0.2, 0.25) is 0 Å². The topological polar surface area (TPSA) is 94.2 Å². The molecule has 4 amide bonds. The molecule has 3 aromatic rings. The highest BCUT2D eigenvalue weighted by atomic mass is 35.5. The summed E-state index contributed by atoms with van der Waals surface area (Å²) in [5, 5.41) is 2.66. The molecule has 38 heavy (non-hydrogen) atoms. The predicted molar refractivity (Wildman–Crippen MR) is 145 cm³/mol. The molecule has 1 fully saturated rings. The van der Waals surface area contributed by atoms with E-state index in [1.807, 2.05) is 32.9 Å². The number of carbonyl (C=O) groups excluding carboxylic acids is 3. The maximum atomic E-state index is 13.1. The lowest BCUT2D eigenvalue weighted by Crippen LogP contribution is -2.54. The lowest BCUT2D eigenvalue weighted by molar-refractivity contribution is -0.122. The number of amides is 4. The molecule has 4 rings (SSSR count). The lowest BCUT2D eigenvalue weighted by atomic mass is 10.1. The van der Waals surface area contributed by atoms with Crippen molar-refractivity contribution in [3.63, 3.8) is 0 Å². The van der Waals surface area contributed by atoms with Crippen molar-refractivity contribution in [3.8, 4) is 17.2 Å². The van der Waals surface area contributed by atoms with Crippen LogP contribution in [0.25, 0.3) is 6.08 Å². The summed E-state index contributed by atoms with van der Waals surface area (Å²) in [4.78, 5) is 38.9. The molecule has 1 aliphatic heterocycles. The fourth-order valence-electron chi connectivity index (χ4n) is 3.92. The Morgan fingerprint density at radius 3 is 2.21 bits per heavy atom. The Balaban J connectivity index is 1.50. The molecule has 3 aromatic carbocycles. The Morgan fingerprint density at radius 1 is 0.842 bits per heavy atom. The minimum Gasteiger partial charge on any atom is -0.490 e. The standard InChI is InChI=1S/C29H27ClN2O6/c1-4-36-26-17-20(6-12-25(26)38-14-13-37-24-11-5-18(2)15-19(24)3)16-23-27(33)31-29(35)32(28(23)34)22-9-7-21(30)8-10-22/h5-12,15-17H,4,13-14H2,1-3H3,(H,31,33,35)/b23-16+. The van der Waals surface area contributed by atoms with Crippen LogP contribution in [0.5, 0.6) is 17.2 Å². The number of aryl methyl sites for hydroxylation is 2. The number of hydrogen-bond donors (Lipinski definition) is 1. The molecule has 0 bridgehead atoms. The zero-order valence-corrected chi connectivity index (χ0v) is 22.0. The van der Waals surface area contributed by atoms with Crippen molar-refractivity contribution in [2.24, 2.45) is 0 Å². The van der Waals surface area contributed by atoms with Gasteiger partial charge < -0.3 is 14.2 Å².